The number of nitrogens with one attached hydrogen (secondary N) is 1. The molecule has 2 aromatic rings. The van der Waals surface area contributed by atoms with Crippen molar-refractivity contribution in [2.75, 3.05) is 24.3 Å². The Kier molecular flexibility index (Phi) is 3.66. The molecule has 104 valence electrons. The topological polar surface area (TPSA) is 28.2 Å². The quantitative estimate of drug-likeness (QED) is 0.920. The fourth-order valence-electron chi connectivity index (χ4n) is 2.81. The maximum atomic E-state index is 4.45. The lowest BCUT2D eigenvalue weighted by molar-refractivity contribution is 0.760. The Labute approximate surface area is 128 Å². The summed E-state index contributed by atoms with van der Waals surface area (Å²) in [5, 5.41) is 3.65. The Morgan fingerprint density at radius 2 is 2.10 bits per heavy atom. The Hall–Kier alpha value is -1.55. The van der Waals surface area contributed by atoms with Crippen LogP contribution in [0.4, 0.5) is 11.5 Å². The second-order valence-electron chi connectivity index (χ2n) is 5.31. The number of aromatic nitrogens is 1. The molecule has 1 aliphatic rings. The minimum absolute atomic E-state index is 0.366. The number of pyridine rings is 1. The number of hydrogen-bond donors (Lipinski definition) is 1. The largest absolute Gasteiger partial charge is 0.375 e. The summed E-state index contributed by atoms with van der Waals surface area (Å²) in [6.45, 7) is 0. The second kappa shape index (κ2) is 5.44. The fourth-order valence-corrected chi connectivity index (χ4v) is 3.39. The Morgan fingerprint density at radius 3 is 2.90 bits per heavy atom. The van der Waals surface area contributed by atoms with Gasteiger partial charge in [0.15, 0.2) is 5.82 Å². The maximum Gasteiger partial charge on any atom is 0.151 e. The van der Waals surface area contributed by atoms with Crippen LogP contribution in [0, 0.1) is 0 Å². The molecule has 0 aliphatic heterocycles. The normalized spacial score (nSPS) is 16.9. The molecule has 1 heterocycles. The van der Waals surface area contributed by atoms with E-state index in [1.54, 1.807) is 0 Å². The first-order valence-corrected chi connectivity index (χ1v) is 7.62. The summed E-state index contributed by atoms with van der Waals surface area (Å²) in [5.74, 6) is 0.982. The van der Waals surface area contributed by atoms with E-state index in [0.717, 1.165) is 24.3 Å². The van der Waals surface area contributed by atoms with Crippen molar-refractivity contribution in [2.45, 2.75) is 18.9 Å². The molecule has 1 N–H and O–H groups in total. The summed E-state index contributed by atoms with van der Waals surface area (Å²) >= 11 is 3.65. The fraction of sp³-hybridized carbons (Fsp3) is 0.312. The van der Waals surface area contributed by atoms with Crippen molar-refractivity contribution in [2.24, 2.45) is 0 Å². The van der Waals surface area contributed by atoms with E-state index in [2.05, 4.69) is 50.5 Å². The average Bonchev–Trinajstić information content (AvgIpc) is 2.84. The van der Waals surface area contributed by atoms with E-state index in [9.17, 15) is 0 Å². The molecular formula is C16H18BrN3. The maximum absolute atomic E-state index is 4.45. The van der Waals surface area contributed by atoms with Crippen molar-refractivity contribution in [3.8, 4) is 0 Å². The summed E-state index contributed by atoms with van der Waals surface area (Å²) in [6, 6.07) is 10.9. The monoisotopic (exact) mass is 331 g/mol. The number of rotatable bonds is 3. The number of anilines is 2. The van der Waals surface area contributed by atoms with Crippen LogP contribution in [-0.4, -0.2) is 19.1 Å². The highest BCUT2D eigenvalue weighted by Gasteiger charge is 2.24. The molecule has 0 spiro atoms. The minimum atomic E-state index is 0.366. The van der Waals surface area contributed by atoms with Gasteiger partial charge in [0.1, 0.15) is 0 Å². The van der Waals surface area contributed by atoms with E-state index in [0.29, 0.717) is 6.04 Å². The van der Waals surface area contributed by atoms with Crippen molar-refractivity contribution in [3.05, 3.63) is 52.1 Å². The molecule has 1 aromatic carbocycles. The summed E-state index contributed by atoms with van der Waals surface area (Å²) in [5.41, 5.74) is 3.92. The molecule has 0 radical (unpaired) electrons. The van der Waals surface area contributed by atoms with Gasteiger partial charge in [-0.2, -0.15) is 0 Å². The predicted molar refractivity (Wildman–Crippen MR) is 87.4 cm³/mol. The summed E-state index contributed by atoms with van der Waals surface area (Å²) in [6.07, 6.45) is 4.07. The Balaban J connectivity index is 1.90. The molecule has 3 rings (SSSR count). The zero-order valence-corrected chi connectivity index (χ0v) is 13.3. The van der Waals surface area contributed by atoms with Crippen molar-refractivity contribution in [1.82, 2.24) is 4.98 Å². The van der Waals surface area contributed by atoms with Gasteiger partial charge in [0, 0.05) is 24.8 Å². The van der Waals surface area contributed by atoms with E-state index in [4.69, 9.17) is 0 Å². The SMILES string of the molecule is CN(C)c1ncccc1NC1CCc2c(Br)cccc21. The molecule has 0 fully saturated rings. The second-order valence-corrected chi connectivity index (χ2v) is 6.17. The van der Waals surface area contributed by atoms with Crippen molar-refractivity contribution in [3.63, 3.8) is 0 Å². The van der Waals surface area contributed by atoms with Gasteiger partial charge in [-0.25, -0.2) is 4.98 Å². The molecule has 3 nitrogen and oxygen atoms in total. The third-order valence-electron chi connectivity index (χ3n) is 3.75. The first-order chi connectivity index (χ1) is 9.66. The van der Waals surface area contributed by atoms with Crippen molar-refractivity contribution < 1.29 is 0 Å². The summed E-state index contributed by atoms with van der Waals surface area (Å²) in [4.78, 5) is 6.49. The van der Waals surface area contributed by atoms with Crippen LogP contribution in [0.1, 0.15) is 23.6 Å². The number of halogens is 1. The van der Waals surface area contributed by atoms with Crippen molar-refractivity contribution in [1.29, 1.82) is 0 Å². The zero-order chi connectivity index (χ0) is 14.1. The molecule has 1 unspecified atom stereocenters. The Bertz CT molecular complexity index is 625. The molecule has 1 atom stereocenters. The minimum Gasteiger partial charge on any atom is -0.375 e. The van der Waals surface area contributed by atoms with Gasteiger partial charge in [-0.3, -0.25) is 0 Å². The highest BCUT2D eigenvalue weighted by Crippen LogP contribution is 2.38. The molecule has 0 saturated heterocycles. The van der Waals surface area contributed by atoms with Gasteiger partial charge in [0.05, 0.1) is 11.7 Å². The molecule has 1 aromatic heterocycles. The van der Waals surface area contributed by atoms with Gasteiger partial charge in [0.2, 0.25) is 0 Å². The van der Waals surface area contributed by atoms with E-state index in [1.165, 1.54) is 15.6 Å². The highest BCUT2D eigenvalue weighted by molar-refractivity contribution is 9.10. The molecule has 20 heavy (non-hydrogen) atoms. The molecule has 0 bridgehead atoms. The van der Waals surface area contributed by atoms with Crippen LogP contribution in [0.2, 0.25) is 0 Å². The predicted octanol–water partition coefficient (Wildman–Crippen LogP) is 4.01. The molecule has 4 heteroatoms. The molecule has 0 saturated carbocycles. The third kappa shape index (κ3) is 2.40. The van der Waals surface area contributed by atoms with Crippen molar-refractivity contribution >= 4 is 27.4 Å². The van der Waals surface area contributed by atoms with E-state index < -0.39 is 0 Å². The zero-order valence-electron chi connectivity index (χ0n) is 11.7. The lowest BCUT2D eigenvalue weighted by Gasteiger charge is -2.21. The molecule has 1 aliphatic carbocycles. The lowest BCUT2D eigenvalue weighted by Crippen LogP contribution is -2.15. The van der Waals surface area contributed by atoms with Gasteiger partial charge in [-0.15, -0.1) is 0 Å². The molecular weight excluding hydrogens is 314 g/mol. The third-order valence-corrected chi connectivity index (χ3v) is 4.50. The highest BCUT2D eigenvalue weighted by atomic mass is 79.9. The van der Waals surface area contributed by atoms with Gasteiger partial charge in [-0.05, 0) is 42.2 Å². The van der Waals surface area contributed by atoms with E-state index in [-0.39, 0.29) is 0 Å². The smallest absolute Gasteiger partial charge is 0.151 e. The first kappa shape index (κ1) is 13.4. The number of hydrogen-bond acceptors (Lipinski definition) is 3. The van der Waals surface area contributed by atoms with Gasteiger partial charge >= 0.3 is 0 Å². The number of fused-ring (bicyclic) bond motifs is 1. The number of benzene rings is 1. The van der Waals surface area contributed by atoms with Gasteiger partial charge in [0.25, 0.3) is 0 Å². The molecule has 0 amide bonds. The van der Waals surface area contributed by atoms with E-state index in [1.807, 2.05) is 31.3 Å². The Morgan fingerprint density at radius 1 is 1.25 bits per heavy atom. The van der Waals surface area contributed by atoms with Crippen LogP contribution in [0.3, 0.4) is 0 Å². The van der Waals surface area contributed by atoms with Gasteiger partial charge < -0.3 is 10.2 Å². The summed E-state index contributed by atoms with van der Waals surface area (Å²) in [7, 11) is 4.04. The van der Waals surface area contributed by atoms with Crippen LogP contribution < -0.4 is 10.2 Å². The van der Waals surface area contributed by atoms with Crippen LogP contribution >= 0.6 is 15.9 Å². The average molecular weight is 332 g/mol. The lowest BCUT2D eigenvalue weighted by atomic mass is 10.1. The van der Waals surface area contributed by atoms with Crippen LogP contribution in [0.5, 0.6) is 0 Å². The number of nitrogens with zero attached hydrogens (tertiary/aromatic N) is 2. The van der Waals surface area contributed by atoms with E-state index >= 15 is 0 Å². The summed E-state index contributed by atoms with van der Waals surface area (Å²) < 4.78 is 1.22. The first-order valence-electron chi connectivity index (χ1n) is 6.83. The van der Waals surface area contributed by atoms with Gasteiger partial charge in [-0.1, -0.05) is 28.1 Å². The van der Waals surface area contributed by atoms with Crippen LogP contribution in [0.25, 0.3) is 0 Å². The standard InChI is InChI=1S/C16H18BrN3/c1-20(2)16-15(7-4-10-18-16)19-14-9-8-11-12(14)5-3-6-13(11)17/h3-7,10,14,19H,8-9H2,1-2H3. The van der Waals surface area contributed by atoms with Crippen LogP contribution in [-0.2, 0) is 6.42 Å². The van der Waals surface area contributed by atoms with Crippen LogP contribution in [0.15, 0.2) is 41.0 Å².